The van der Waals surface area contributed by atoms with Crippen LogP contribution in [0.1, 0.15) is 19.3 Å². The first kappa shape index (κ1) is 11.4. The molecular weight excluding hydrogens is 205 g/mol. The molecule has 0 radical (unpaired) electrons. The van der Waals surface area contributed by atoms with Gasteiger partial charge in [0.1, 0.15) is 18.2 Å². The van der Waals surface area contributed by atoms with Crippen molar-refractivity contribution in [1.29, 1.82) is 0 Å². The van der Waals surface area contributed by atoms with E-state index in [1.807, 2.05) is 0 Å². The SMILES string of the molecule is Fc1ccc(OCCNCC2CCC2)cc1. The van der Waals surface area contributed by atoms with Crippen LogP contribution in [0.15, 0.2) is 24.3 Å². The van der Waals surface area contributed by atoms with Gasteiger partial charge in [0.15, 0.2) is 0 Å². The molecule has 2 nitrogen and oxygen atoms in total. The Hall–Kier alpha value is -1.09. The van der Waals surface area contributed by atoms with Crippen LogP contribution >= 0.6 is 0 Å². The first-order valence-electron chi connectivity index (χ1n) is 5.94. The van der Waals surface area contributed by atoms with Gasteiger partial charge in [-0.25, -0.2) is 4.39 Å². The van der Waals surface area contributed by atoms with Gasteiger partial charge in [-0.2, -0.15) is 0 Å². The molecule has 0 spiro atoms. The third-order valence-corrected chi connectivity index (χ3v) is 3.02. The normalized spacial score (nSPS) is 15.8. The van der Waals surface area contributed by atoms with Crippen molar-refractivity contribution in [2.45, 2.75) is 19.3 Å². The molecule has 0 bridgehead atoms. The van der Waals surface area contributed by atoms with Crippen molar-refractivity contribution < 1.29 is 9.13 Å². The number of hydrogen-bond donors (Lipinski definition) is 1. The van der Waals surface area contributed by atoms with Crippen LogP contribution in [0.5, 0.6) is 5.75 Å². The maximum absolute atomic E-state index is 12.6. The smallest absolute Gasteiger partial charge is 0.123 e. The highest BCUT2D eigenvalue weighted by Crippen LogP contribution is 2.24. The molecule has 0 saturated heterocycles. The van der Waals surface area contributed by atoms with Gasteiger partial charge in [0, 0.05) is 6.54 Å². The molecule has 1 saturated carbocycles. The van der Waals surface area contributed by atoms with E-state index in [1.165, 1.54) is 31.4 Å². The minimum atomic E-state index is -0.226. The molecule has 0 aliphatic heterocycles. The zero-order valence-electron chi connectivity index (χ0n) is 9.42. The summed E-state index contributed by atoms with van der Waals surface area (Å²) in [5.74, 6) is 1.38. The summed E-state index contributed by atoms with van der Waals surface area (Å²) in [6, 6.07) is 6.14. The molecule has 1 aliphatic carbocycles. The topological polar surface area (TPSA) is 21.3 Å². The van der Waals surface area contributed by atoms with E-state index in [0.29, 0.717) is 6.61 Å². The molecule has 0 atom stereocenters. The zero-order valence-corrected chi connectivity index (χ0v) is 9.42. The van der Waals surface area contributed by atoms with Crippen LogP contribution in [0, 0.1) is 11.7 Å². The van der Waals surface area contributed by atoms with Gasteiger partial charge in [-0.15, -0.1) is 0 Å². The standard InChI is InChI=1S/C13H18FNO/c14-12-4-6-13(7-5-12)16-9-8-15-10-11-2-1-3-11/h4-7,11,15H,1-3,8-10H2. The summed E-state index contributed by atoms with van der Waals surface area (Å²) >= 11 is 0. The molecule has 16 heavy (non-hydrogen) atoms. The fourth-order valence-electron chi connectivity index (χ4n) is 1.77. The number of ether oxygens (including phenoxy) is 1. The van der Waals surface area contributed by atoms with Crippen molar-refractivity contribution in [1.82, 2.24) is 5.32 Å². The first-order chi connectivity index (χ1) is 7.84. The van der Waals surface area contributed by atoms with Crippen LogP contribution in [0.4, 0.5) is 4.39 Å². The van der Waals surface area contributed by atoms with Crippen LogP contribution in [0.25, 0.3) is 0 Å². The van der Waals surface area contributed by atoms with Crippen molar-refractivity contribution in [3.05, 3.63) is 30.1 Å². The van der Waals surface area contributed by atoms with Gasteiger partial charge in [0.25, 0.3) is 0 Å². The Bertz CT molecular complexity index is 308. The van der Waals surface area contributed by atoms with Gasteiger partial charge in [0.05, 0.1) is 0 Å². The first-order valence-corrected chi connectivity index (χ1v) is 5.94. The second kappa shape index (κ2) is 5.85. The van der Waals surface area contributed by atoms with E-state index in [-0.39, 0.29) is 5.82 Å². The molecular formula is C13H18FNO. The summed E-state index contributed by atoms with van der Waals surface area (Å²) in [6.07, 6.45) is 4.12. The molecule has 88 valence electrons. The number of benzene rings is 1. The number of nitrogens with one attached hydrogen (secondary N) is 1. The monoisotopic (exact) mass is 223 g/mol. The second-order valence-corrected chi connectivity index (χ2v) is 4.30. The highest BCUT2D eigenvalue weighted by atomic mass is 19.1. The fourth-order valence-corrected chi connectivity index (χ4v) is 1.77. The molecule has 1 aliphatic rings. The molecule has 0 unspecified atom stereocenters. The van der Waals surface area contributed by atoms with E-state index in [4.69, 9.17) is 4.74 Å². The summed E-state index contributed by atoms with van der Waals surface area (Å²) in [5, 5.41) is 3.37. The van der Waals surface area contributed by atoms with E-state index in [9.17, 15) is 4.39 Å². The highest BCUT2D eigenvalue weighted by Gasteiger charge is 2.15. The average Bonchev–Trinajstić information content (AvgIpc) is 2.23. The Labute approximate surface area is 95.8 Å². The minimum Gasteiger partial charge on any atom is -0.492 e. The Morgan fingerprint density at radius 3 is 2.62 bits per heavy atom. The van der Waals surface area contributed by atoms with Crippen molar-refractivity contribution in [3.63, 3.8) is 0 Å². The zero-order chi connectivity index (χ0) is 11.2. The molecule has 2 rings (SSSR count). The van der Waals surface area contributed by atoms with Crippen LogP contribution in [-0.2, 0) is 0 Å². The Balaban J connectivity index is 1.55. The van der Waals surface area contributed by atoms with E-state index in [2.05, 4.69) is 5.32 Å². The van der Waals surface area contributed by atoms with Crippen molar-refractivity contribution in [3.8, 4) is 5.75 Å². The molecule has 1 aromatic rings. The van der Waals surface area contributed by atoms with E-state index >= 15 is 0 Å². The maximum Gasteiger partial charge on any atom is 0.123 e. The van der Waals surface area contributed by atoms with Gasteiger partial charge < -0.3 is 10.1 Å². The average molecular weight is 223 g/mol. The third-order valence-electron chi connectivity index (χ3n) is 3.02. The predicted octanol–water partition coefficient (Wildman–Crippen LogP) is 2.59. The van der Waals surface area contributed by atoms with Gasteiger partial charge in [0.2, 0.25) is 0 Å². The number of hydrogen-bond acceptors (Lipinski definition) is 2. The summed E-state index contributed by atoms with van der Waals surface area (Å²) in [4.78, 5) is 0. The summed E-state index contributed by atoms with van der Waals surface area (Å²) in [6.45, 7) is 2.60. The minimum absolute atomic E-state index is 0.226. The lowest BCUT2D eigenvalue weighted by Crippen LogP contribution is -2.30. The molecule has 0 heterocycles. The van der Waals surface area contributed by atoms with Crippen molar-refractivity contribution in [2.24, 2.45) is 5.92 Å². The molecule has 1 N–H and O–H groups in total. The Kier molecular flexibility index (Phi) is 4.17. The summed E-state index contributed by atoms with van der Waals surface area (Å²) < 4.78 is 18.1. The summed E-state index contributed by atoms with van der Waals surface area (Å²) in [7, 11) is 0. The van der Waals surface area contributed by atoms with Crippen LogP contribution in [0.3, 0.4) is 0 Å². The predicted molar refractivity (Wildman–Crippen MR) is 62.1 cm³/mol. The lowest BCUT2D eigenvalue weighted by atomic mass is 9.85. The largest absolute Gasteiger partial charge is 0.492 e. The van der Waals surface area contributed by atoms with E-state index in [0.717, 1.165) is 24.8 Å². The van der Waals surface area contributed by atoms with Gasteiger partial charge >= 0.3 is 0 Å². The molecule has 1 fully saturated rings. The van der Waals surface area contributed by atoms with Crippen molar-refractivity contribution >= 4 is 0 Å². The third kappa shape index (κ3) is 3.49. The van der Waals surface area contributed by atoms with Crippen LogP contribution < -0.4 is 10.1 Å². The van der Waals surface area contributed by atoms with Gasteiger partial charge in [-0.1, -0.05) is 6.42 Å². The van der Waals surface area contributed by atoms with Crippen LogP contribution in [-0.4, -0.2) is 19.7 Å². The van der Waals surface area contributed by atoms with Crippen LogP contribution in [0.2, 0.25) is 0 Å². The Morgan fingerprint density at radius 1 is 1.25 bits per heavy atom. The fraction of sp³-hybridized carbons (Fsp3) is 0.538. The Morgan fingerprint density at radius 2 is 2.00 bits per heavy atom. The molecule has 0 amide bonds. The van der Waals surface area contributed by atoms with Gasteiger partial charge in [-0.05, 0) is 49.6 Å². The quantitative estimate of drug-likeness (QED) is 0.748. The molecule has 3 heteroatoms. The highest BCUT2D eigenvalue weighted by molar-refractivity contribution is 5.21. The summed E-state index contributed by atoms with van der Waals surface area (Å²) in [5.41, 5.74) is 0. The molecule has 1 aromatic carbocycles. The maximum atomic E-state index is 12.6. The number of rotatable bonds is 6. The lowest BCUT2D eigenvalue weighted by Gasteiger charge is -2.25. The number of halogens is 1. The van der Waals surface area contributed by atoms with E-state index < -0.39 is 0 Å². The van der Waals surface area contributed by atoms with Crippen molar-refractivity contribution in [2.75, 3.05) is 19.7 Å². The second-order valence-electron chi connectivity index (χ2n) is 4.30. The lowest BCUT2D eigenvalue weighted by molar-refractivity contribution is 0.276. The van der Waals surface area contributed by atoms with E-state index in [1.54, 1.807) is 12.1 Å². The van der Waals surface area contributed by atoms with Gasteiger partial charge in [-0.3, -0.25) is 0 Å². The molecule has 0 aromatic heterocycles.